The van der Waals surface area contributed by atoms with Gasteiger partial charge in [-0.1, -0.05) is 24.6 Å². The van der Waals surface area contributed by atoms with Crippen LogP contribution in [0.1, 0.15) is 39.0 Å². The van der Waals surface area contributed by atoms with Crippen LogP contribution in [-0.4, -0.2) is 101 Å². The molecule has 1 amide bonds. The molecule has 0 spiro atoms. The van der Waals surface area contributed by atoms with Crippen LogP contribution in [0.4, 0.5) is 54.5 Å². The SMILES string of the molecule is CCC1CC(N(CC2=CC(C(F)(F)F)CC(C(F)(F)F)=C2)c2ncc(N3CCOC3=O)cn2)CN1c1nc(N2CCC(O)CC2)ncc1Cl. The van der Waals surface area contributed by atoms with E-state index in [-0.39, 0.29) is 48.8 Å². The maximum Gasteiger partial charge on any atom is 0.414 e. The van der Waals surface area contributed by atoms with Crippen LogP contribution in [-0.2, 0) is 4.74 Å². The lowest BCUT2D eigenvalue weighted by Gasteiger charge is -2.33. The molecule has 11 nitrogen and oxygen atoms in total. The number of amides is 1. The molecule has 4 aliphatic rings. The minimum absolute atomic E-state index is 0.0661. The third-order valence-corrected chi connectivity index (χ3v) is 9.61. The Labute approximate surface area is 283 Å². The number of rotatable bonds is 8. The smallest absolute Gasteiger partial charge is 0.414 e. The van der Waals surface area contributed by atoms with Gasteiger partial charge in [0.15, 0.2) is 5.82 Å². The molecular weight excluding hydrogens is 682 g/mol. The van der Waals surface area contributed by atoms with Crippen LogP contribution in [0.2, 0.25) is 5.02 Å². The lowest BCUT2D eigenvalue weighted by Crippen LogP contribution is -2.41. The molecule has 1 N–H and O–H groups in total. The molecule has 266 valence electrons. The van der Waals surface area contributed by atoms with Crippen molar-refractivity contribution in [2.24, 2.45) is 5.92 Å². The van der Waals surface area contributed by atoms with Gasteiger partial charge in [-0.05, 0) is 43.8 Å². The van der Waals surface area contributed by atoms with E-state index < -0.39 is 48.5 Å². The number of allylic oxidation sites excluding steroid dienone is 2. The van der Waals surface area contributed by atoms with Crippen LogP contribution in [0.15, 0.2) is 41.9 Å². The molecule has 2 aromatic heterocycles. The van der Waals surface area contributed by atoms with Crippen LogP contribution in [0.3, 0.4) is 0 Å². The summed E-state index contributed by atoms with van der Waals surface area (Å²) in [6.45, 7) is 3.44. The van der Waals surface area contributed by atoms with E-state index in [4.69, 9.17) is 21.3 Å². The van der Waals surface area contributed by atoms with Crippen molar-refractivity contribution in [3.8, 4) is 0 Å². The number of aliphatic hydroxyl groups is 1. The Morgan fingerprint density at radius 3 is 2.39 bits per heavy atom. The normalized spacial score (nSPS) is 23.9. The molecule has 0 bridgehead atoms. The molecule has 6 rings (SSSR count). The highest BCUT2D eigenvalue weighted by molar-refractivity contribution is 6.32. The lowest BCUT2D eigenvalue weighted by atomic mass is 9.89. The molecule has 3 aliphatic heterocycles. The first-order valence-corrected chi connectivity index (χ1v) is 16.4. The van der Waals surface area contributed by atoms with Crippen LogP contribution in [0.25, 0.3) is 0 Å². The van der Waals surface area contributed by atoms with Gasteiger partial charge in [0.2, 0.25) is 11.9 Å². The fourth-order valence-electron chi connectivity index (χ4n) is 6.71. The number of carbonyl (C=O) groups excluding carboxylic acids is 1. The van der Waals surface area contributed by atoms with Crippen molar-refractivity contribution >= 4 is 41.1 Å². The molecule has 49 heavy (non-hydrogen) atoms. The van der Waals surface area contributed by atoms with E-state index in [1.165, 1.54) is 23.5 Å². The molecular formula is C31H35ClF6N8O3. The summed E-state index contributed by atoms with van der Waals surface area (Å²) in [5, 5.41) is 10.2. The zero-order valence-corrected chi connectivity index (χ0v) is 27.2. The largest absolute Gasteiger partial charge is 0.447 e. The Hall–Kier alpha value is -3.86. The Balaban J connectivity index is 1.34. The summed E-state index contributed by atoms with van der Waals surface area (Å²) >= 11 is 6.63. The molecule has 1 aliphatic carbocycles. The van der Waals surface area contributed by atoms with Gasteiger partial charge in [-0.15, -0.1) is 0 Å². The van der Waals surface area contributed by atoms with E-state index in [0.29, 0.717) is 56.2 Å². The molecule has 0 radical (unpaired) electrons. The third-order valence-electron chi connectivity index (χ3n) is 9.34. The molecule has 0 saturated carbocycles. The number of anilines is 4. The predicted molar refractivity (Wildman–Crippen MR) is 169 cm³/mol. The van der Waals surface area contributed by atoms with Crippen molar-refractivity contribution in [2.45, 2.75) is 69.6 Å². The van der Waals surface area contributed by atoms with Crippen molar-refractivity contribution in [3.63, 3.8) is 0 Å². The summed E-state index contributed by atoms with van der Waals surface area (Å²) < 4.78 is 88.0. The first-order chi connectivity index (χ1) is 23.2. The second-order valence-electron chi connectivity index (χ2n) is 12.6. The standard InChI is InChI=1S/C31H35ClF6N8O3/c1-2-21-12-22(17-45(21)26-25(32)15-41-28(42-26)43-5-3-24(47)4-6-43)46(27-39-13-23(14-40-27)44-7-8-49-29(44)48)16-18-9-19(30(33,34)35)11-20(10-18)31(36,37)38/h9-10,13-15,19,21-22,24,47H,2-8,11-12,16-17H2,1H3. The number of hydrogen-bond donors (Lipinski definition) is 1. The molecule has 0 aromatic carbocycles. The van der Waals surface area contributed by atoms with Gasteiger partial charge in [0.25, 0.3) is 0 Å². The van der Waals surface area contributed by atoms with Gasteiger partial charge in [0.1, 0.15) is 11.6 Å². The first kappa shape index (κ1) is 35.0. The van der Waals surface area contributed by atoms with E-state index >= 15 is 0 Å². The number of nitrogens with zero attached hydrogens (tertiary/aromatic N) is 8. The maximum atomic E-state index is 13.9. The van der Waals surface area contributed by atoms with Gasteiger partial charge in [0.05, 0.1) is 48.9 Å². The van der Waals surface area contributed by atoms with Crippen LogP contribution in [0, 0.1) is 5.92 Å². The zero-order valence-electron chi connectivity index (χ0n) is 26.5. The Bertz CT molecular complexity index is 1580. The highest BCUT2D eigenvalue weighted by Gasteiger charge is 2.46. The second-order valence-corrected chi connectivity index (χ2v) is 13.0. The molecule has 3 saturated heterocycles. The van der Waals surface area contributed by atoms with Gasteiger partial charge in [-0.2, -0.15) is 31.3 Å². The Morgan fingerprint density at radius 1 is 1.06 bits per heavy atom. The number of piperidine rings is 1. The summed E-state index contributed by atoms with van der Waals surface area (Å²) in [6.07, 6.45) is -3.94. The predicted octanol–water partition coefficient (Wildman–Crippen LogP) is 5.70. The quantitative estimate of drug-likeness (QED) is 0.342. The molecule has 3 fully saturated rings. The number of hydrogen-bond acceptors (Lipinski definition) is 10. The van der Waals surface area contributed by atoms with Crippen molar-refractivity contribution in [1.82, 2.24) is 19.9 Å². The summed E-state index contributed by atoms with van der Waals surface area (Å²) in [7, 11) is 0. The van der Waals surface area contributed by atoms with Crippen LogP contribution < -0.4 is 19.6 Å². The Kier molecular flexibility index (Phi) is 9.86. The van der Waals surface area contributed by atoms with E-state index in [1.807, 2.05) is 16.7 Å². The number of carbonyl (C=O) groups is 1. The molecule has 2 aromatic rings. The van der Waals surface area contributed by atoms with Crippen LogP contribution >= 0.6 is 11.6 Å². The van der Waals surface area contributed by atoms with E-state index in [2.05, 4.69) is 15.0 Å². The number of aliphatic hydroxyl groups excluding tert-OH is 1. The Morgan fingerprint density at radius 2 is 1.78 bits per heavy atom. The first-order valence-electron chi connectivity index (χ1n) is 16.0. The second kappa shape index (κ2) is 13.8. The zero-order chi connectivity index (χ0) is 35.1. The average molecular weight is 717 g/mol. The highest BCUT2D eigenvalue weighted by atomic mass is 35.5. The fourth-order valence-corrected chi connectivity index (χ4v) is 6.91. The van der Waals surface area contributed by atoms with Crippen molar-refractivity contribution < 1.29 is 41.0 Å². The summed E-state index contributed by atoms with van der Waals surface area (Å²) in [5.41, 5.74) is -1.09. The summed E-state index contributed by atoms with van der Waals surface area (Å²) in [5.74, 6) is -1.36. The number of halogens is 7. The van der Waals surface area contributed by atoms with E-state index in [9.17, 15) is 36.2 Å². The average Bonchev–Trinajstić information content (AvgIpc) is 3.69. The molecule has 18 heteroatoms. The van der Waals surface area contributed by atoms with E-state index in [1.54, 1.807) is 4.90 Å². The topological polar surface area (TPSA) is 111 Å². The van der Waals surface area contributed by atoms with Gasteiger partial charge >= 0.3 is 18.4 Å². The van der Waals surface area contributed by atoms with Gasteiger partial charge in [-0.3, -0.25) is 4.90 Å². The number of alkyl halides is 6. The van der Waals surface area contributed by atoms with Crippen molar-refractivity contribution in [1.29, 1.82) is 0 Å². The minimum Gasteiger partial charge on any atom is -0.447 e. The molecule has 5 heterocycles. The van der Waals surface area contributed by atoms with Gasteiger partial charge in [0, 0.05) is 37.8 Å². The third kappa shape index (κ3) is 7.66. The molecule has 3 unspecified atom stereocenters. The van der Waals surface area contributed by atoms with Gasteiger partial charge in [-0.25, -0.2) is 19.7 Å². The number of aromatic nitrogens is 4. The lowest BCUT2D eigenvalue weighted by molar-refractivity contribution is -0.166. The number of ether oxygens (including phenoxy) is 1. The minimum atomic E-state index is -4.94. The highest BCUT2D eigenvalue weighted by Crippen LogP contribution is 2.42. The number of cyclic esters (lactones) is 1. The summed E-state index contributed by atoms with van der Waals surface area (Å²) in [6, 6.07) is -0.638. The summed E-state index contributed by atoms with van der Waals surface area (Å²) in [4.78, 5) is 37.0. The van der Waals surface area contributed by atoms with Crippen LogP contribution in [0.5, 0.6) is 0 Å². The van der Waals surface area contributed by atoms with Crippen molar-refractivity contribution in [3.05, 3.63) is 46.9 Å². The fraction of sp³-hybridized carbons (Fsp3) is 0.581. The van der Waals surface area contributed by atoms with Crippen molar-refractivity contribution in [2.75, 3.05) is 58.9 Å². The monoisotopic (exact) mass is 716 g/mol. The van der Waals surface area contributed by atoms with E-state index in [0.717, 1.165) is 12.2 Å². The molecule has 3 atom stereocenters. The van der Waals surface area contributed by atoms with Gasteiger partial charge < -0.3 is 24.5 Å². The maximum absolute atomic E-state index is 13.9.